The smallest absolute Gasteiger partial charge is 0.253 e. The molecule has 1 N–H and O–H groups in total. The lowest BCUT2D eigenvalue weighted by Crippen LogP contribution is -1.92. The van der Waals surface area contributed by atoms with Crippen LogP contribution >= 0.6 is 12.2 Å². The Hall–Kier alpha value is -1.23. The molecule has 0 spiro atoms. The van der Waals surface area contributed by atoms with Crippen molar-refractivity contribution in [1.82, 2.24) is 19.6 Å². The zero-order valence-corrected chi connectivity index (χ0v) is 6.72. The average molecular weight is 166 g/mol. The van der Waals surface area contributed by atoms with Crippen LogP contribution in [0.1, 0.15) is 5.69 Å². The molecule has 0 aromatic carbocycles. The van der Waals surface area contributed by atoms with E-state index in [1.54, 1.807) is 10.6 Å². The van der Waals surface area contributed by atoms with Gasteiger partial charge in [-0.2, -0.15) is 0 Å². The van der Waals surface area contributed by atoms with Crippen molar-refractivity contribution in [3.05, 3.63) is 22.7 Å². The predicted molar refractivity (Wildman–Crippen MR) is 42.9 cm³/mol. The molecule has 0 aliphatic heterocycles. The van der Waals surface area contributed by atoms with Crippen LogP contribution in [-0.2, 0) is 0 Å². The van der Waals surface area contributed by atoms with Crippen molar-refractivity contribution in [2.45, 2.75) is 6.92 Å². The van der Waals surface area contributed by atoms with Crippen LogP contribution in [0.5, 0.6) is 0 Å². The number of rotatable bonds is 0. The molecular formula is C6H6N4S. The zero-order valence-electron chi connectivity index (χ0n) is 5.90. The zero-order chi connectivity index (χ0) is 7.84. The second-order valence-corrected chi connectivity index (χ2v) is 2.64. The second-order valence-electron chi connectivity index (χ2n) is 2.25. The van der Waals surface area contributed by atoms with Gasteiger partial charge in [0.2, 0.25) is 4.77 Å². The van der Waals surface area contributed by atoms with E-state index < -0.39 is 0 Å². The van der Waals surface area contributed by atoms with E-state index in [0.717, 1.165) is 5.69 Å². The molecule has 11 heavy (non-hydrogen) atoms. The summed E-state index contributed by atoms with van der Waals surface area (Å²) < 4.78 is 2.38. The first-order chi connectivity index (χ1) is 5.29. The SMILES string of the molecule is Cc1ccnc2n[nH]c(=S)n12. The van der Waals surface area contributed by atoms with Crippen molar-refractivity contribution in [3.63, 3.8) is 0 Å². The van der Waals surface area contributed by atoms with Crippen molar-refractivity contribution in [2.75, 3.05) is 0 Å². The first-order valence-corrected chi connectivity index (χ1v) is 3.58. The fraction of sp³-hybridized carbons (Fsp3) is 0.167. The van der Waals surface area contributed by atoms with Gasteiger partial charge in [0.05, 0.1) is 0 Å². The van der Waals surface area contributed by atoms with Crippen LogP contribution in [0.15, 0.2) is 12.3 Å². The molecule has 2 aromatic rings. The largest absolute Gasteiger partial charge is 0.257 e. The van der Waals surface area contributed by atoms with Gasteiger partial charge in [0.15, 0.2) is 0 Å². The molecular weight excluding hydrogens is 160 g/mol. The fourth-order valence-corrected chi connectivity index (χ4v) is 1.25. The van der Waals surface area contributed by atoms with E-state index in [-0.39, 0.29) is 0 Å². The van der Waals surface area contributed by atoms with Crippen LogP contribution in [0, 0.1) is 11.7 Å². The summed E-state index contributed by atoms with van der Waals surface area (Å²) in [4.78, 5) is 4.02. The summed E-state index contributed by atoms with van der Waals surface area (Å²) in [5.74, 6) is 0.620. The lowest BCUT2D eigenvalue weighted by atomic mass is 10.4. The van der Waals surface area contributed by atoms with Gasteiger partial charge in [-0.1, -0.05) is 0 Å². The van der Waals surface area contributed by atoms with Crippen LogP contribution in [0.4, 0.5) is 0 Å². The Kier molecular flexibility index (Phi) is 1.25. The van der Waals surface area contributed by atoms with Gasteiger partial charge in [-0.15, -0.1) is 5.10 Å². The van der Waals surface area contributed by atoms with Gasteiger partial charge < -0.3 is 0 Å². The highest BCUT2D eigenvalue weighted by Gasteiger charge is 1.98. The lowest BCUT2D eigenvalue weighted by Gasteiger charge is -1.93. The Morgan fingerprint density at radius 1 is 1.64 bits per heavy atom. The number of aromatic nitrogens is 4. The van der Waals surface area contributed by atoms with Gasteiger partial charge >= 0.3 is 0 Å². The van der Waals surface area contributed by atoms with E-state index in [1.807, 2.05) is 13.0 Å². The first kappa shape index (κ1) is 6.48. The standard InChI is InChI=1S/C6H6N4S/c1-4-2-3-7-5-8-9-6(11)10(4)5/h2-3H,1H3,(H,9,11). The molecule has 2 rings (SSSR count). The fourth-order valence-electron chi connectivity index (χ4n) is 0.979. The summed E-state index contributed by atoms with van der Waals surface area (Å²) in [6.07, 6.45) is 1.71. The number of aromatic amines is 1. The van der Waals surface area contributed by atoms with Gasteiger partial charge in [0.1, 0.15) is 0 Å². The van der Waals surface area contributed by atoms with Gasteiger partial charge in [0.25, 0.3) is 5.78 Å². The molecule has 0 aliphatic rings. The highest BCUT2D eigenvalue weighted by Crippen LogP contribution is 2.00. The second kappa shape index (κ2) is 2.13. The molecule has 2 heterocycles. The summed E-state index contributed by atoms with van der Waals surface area (Å²) in [5.41, 5.74) is 1.04. The normalized spacial score (nSPS) is 10.6. The monoisotopic (exact) mass is 166 g/mol. The minimum absolute atomic E-state index is 0.589. The minimum atomic E-state index is 0.589. The van der Waals surface area contributed by atoms with Crippen molar-refractivity contribution >= 4 is 18.0 Å². The number of hydrogen-bond acceptors (Lipinski definition) is 3. The highest BCUT2D eigenvalue weighted by atomic mass is 32.1. The number of fused-ring (bicyclic) bond motifs is 1. The molecule has 0 amide bonds. The van der Waals surface area contributed by atoms with E-state index in [1.165, 1.54) is 0 Å². The number of H-pyrrole nitrogens is 1. The molecule has 0 aliphatic carbocycles. The summed E-state index contributed by atoms with van der Waals surface area (Å²) >= 11 is 4.98. The maximum atomic E-state index is 4.98. The van der Waals surface area contributed by atoms with E-state index in [9.17, 15) is 0 Å². The van der Waals surface area contributed by atoms with Gasteiger partial charge in [0, 0.05) is 11.9 Å². The van der Waals surface area contributed by atoms with Crippen LogP contribution < -0.4 is 0 Å². The summed E-state index contributed by atoms with van der Waals surface area (Å²) in [6.45, 7) is 1.96. The molecule has 56 valence electrons. The lowest BCUT2D eigenvalue weighted by molar-refractivity contribution is 1.02. The third kappa shape index (κ3) is 0.848. The summed E-state index contributed by atoms with van der Waals surface area (Å²) in [5, 5.41) is 6.58. The molecule has 0 fully saturated rings. The van der Waals surface area contributed by atoms with Crippen molar-refractivity contribution < 1.29 is 0 Å². The third-order valence-electron chi connectivity index (χ3n) is 1.51. The van der Waals surface area contributed by atoms with Gasteiger partial charge in [-0.05, 0) is 25.2 Å². The Balaban J connectivity index is 3.08. The van der Waals surface area contributed by atoms with Crippen molar-refractivity contribution in [3.8, 4) is 0 Å². The number of aryl methyl sites for hydroxylation is 1. The molecule has 4 nitrogen and oxygen atoms in total. The third-order valence-corrected chi connectivity index (χ3v) is 1.79. The number of hydrogen-bond donors (Lipinski definition) is 1. The van der Waals surface area contributed by atoms with E-state index in [2.05, 4.69) is 15.2 Å². The average Bonchev–Trinajstić information content (AvgIpc) is 2.34. The highest BCUT2D eigenvalue weighted by molar-refractivity contribution is 7.71. The number of nitrogens with one attached hydrogen (secondary N) is 1. The first-order valence-electron chi connectivity index (χ1n) is 3.18. The molecule has 0 bridgehead atoms. The molecule has 2 aromatic heterocycles. The van der Waals surface area contributed by atoms with Crippen LogP contribution in [0.25, 0.3) is 5.78 Å². The molecule has 0 unspecified atom stereocenters. The Morgan fingerprint density at radius 2 is 2.45 bits per heavy atom. The summed E-state index contributed by atoms with van der Waals surface area (Å²) in [7, 11) is 0. The maximum absolute atomic E-state index is 4.98. The molecule has 0 radical (unpaired) electrons. The van der Waals surface area contributed by atoms with Crippen LogP contribution in [0.3, 0.4) is 0 Å². The van der Waals surface area contributed by atoms with E-state index in [0.29, 0.717) is 10.5 Å². The van der Waals surface area contributed by atoms with Gasteiger partial charge in [-0.3, -0.25) is 4.40 Å². The van der Waals surface area contributed by atoms with E-state index in [4.69, 9.17) is 12.2 Å². The molecule has 0 saturated heterocycles. The molecule has 0 saturated carbocycles. The quantitative estimate of drug-likeness (QED) is 0.596. The maximum Gasteiger partial charge on any atom is 0.253 e. The van der Waals surface area contributed by atoms with E-state index >= 15 is 0 Å². The molecule has 0 atom stereocenters. The van der Waals surface area contributed by atoms with Gasteiger partial charge in [-0.25, -0.2) is 10.1 Å². The topological polar surface area (TPSA) is 46.0 Å². The van der Waals surface area contributed by atoms with Crippen LogP contribution in [0.2, 0.25) is 0 Å². The van der Waals surface area contributed by atoms with Crippen molar-refractivity contribution in [1.29, 1.82) is 0 Å². The minimum Gasteiger partial charge on any atom is -0.257 e. The molecule has 5 heteroatoms. The Labute approximate surface area is 67.9 Å². The number of nitrogens with zero attached hydrogens (tertiary/aromatic N) is 3. The Morgan fingerprint density at radius 3 is 3.18 bits per heavy atom. The van der Waals surface area contributed by atoms with Crippen LogP contribution in [-0.4, -0.2) is 19.6 Å². The Bertz CT molecular complexity index is 441. The predicted octanol–water partition coefficient (Wildman–Crippen LogP) is 1.10. The van der Waals surface area contributed by atoms with Crippen molar-refractivity contribution in [2.24, 2.45) is 0 Å². The summed E-state index contributed by atoms with van der Waals surface area (Å²) in [6, 6.07) is 1.89.